The van der Waals surface area contributed by atoms with Crippen LogP contribution in [0.1, 0.15) is 44.4 Å². The average Bonchev–Trinajstić information content (AvgIpc) is 3.19. The zero-order chi connectivity index (χ0) is 18.7. The van der Waals surface area contributed by atoms with Crippen LogP contribution in [0.4, 0.5) is 5.13 Å². The normalized spacial score (nSPS) is 18.6. The van der Waals surface area contributed by atoms with Gasteiger partial charge in [-0.3, -0.25) is 9.59 Å². The van der Waals surface area contributed by atoms with E-state index in [1.165, 1.54) is 11.3 Å². The summed E-state index contributed by atoms with van der Waals surface area (Å²) in [5, 5.41) is 6.32. The maximum absolute atomic E-state index is 12.2. The summed E-state index contributed by atoms with van der Waals surface area (Å²) in [4.78, 5) is 29.7. The third kappa shape index (κ3) is 4.49. The Kier molecular flexibility index (Phi) is 5.71. The molecule has 1 heterocycles. The van der Waals surface area contributed by atoms with Crippen molar-refractivity contribution >= 4 is 28.3 Å². The van der Waals surface area contributed by atoms with Crippen LogP contribution in [0.25, 0.3) is 11.3 Å². The highest BCUT2D eigenvalue weighted by Gasteiger charge is 2.38. The lowest BCUT2D eigenvalue weighted by Gasteiger charge is -2.04. The van der Waals surface area contributed by atoms with Gasteiger partial charge in [0.2, 0.25) is 11.8 Å². The number of thiazole rings is 1. The van der Waals surface area contributed by atoms with E-state index < -0.39 is 0 Å². The molecule has 5 nitrogen and oxygen atoms in total. The average molecular weight is 372 g/mol. The molecule has 6 heteroatoms. The number of rotatable bonds is 7. The molecule has 1 aromatic heterocycles. The zero-order valence-electron chi connectivity index (χ0n) is 15.4. The van der Waals surface area contributed by atoms with Gasteiger partial charge in [-0.1, -0.05) is 51.1 Å². The topological polar surface area (TPSA) is 71.1 Å². The SMILES string of the molecule is CC(C)c1sc(NC(=O)CCNC(=O)C2CC2C)nc1-c1ccccc1. The molecule has 2 amide bonds. The summed E-state index contributed by atoms with van der Waals surface area (Å²) in [7, 11) is 0. The van der Waals surface area contributed by atoms with Crippen molar-refractivity contribution in [1.82, 2.24) is 10.3 Å². The highest BCUT2D eigenvalue weighted by molar-refractivity contribution is 7.16. The molecule has 1 aromatic carbocycles. The van der Waals surface area contributed by atoms with Gasteiger partial charge in [-0.05, 0) is 18.3 Å². The Bertz CT molecular complexity index is 786. The van der Waals surface area contributed by atoms with Crippen molar-refractivity contribution in [2.24, 2.45) is 11.8 Å². The van der Waals surface area contributed by atoms with E-state index in [-0.39, 0.29) is 24.2 Å². The third-order valence-corrected chi connectivity index (χ3v) is 5.84. The number of amides is 2. The predicted molar refractivity (Wildman–Crippen MR) is 105 cm³/mol. The van der Waals surface area contributed by atoms with Crippen molar-refractivity contribution in [2.45, 2.75) is 39.5 Å². The first kappa shape index (κ1) is 18.6. The van der Waals surface area contributed by atoms with E-state index in [1.54, 1.807) is 0 Å². The first-order valence-corrected chi connectivity index (χ1v) is 9.91. The number of carbonyl (C=O) groups is 2. The smallest absolute Gasteiger partial charge is 0.227 e. The van der Waals surface area contributed by atoms with Gasteiger partial charge in [-0.15, -0.1) is 11.3 Å². The maximum atomic E-state index is 12.2. The maximum Gasteiger partial charge on any atom is 0.227 e. The van der Waals surface area contributed by atoms with Crippen molar-refractivity contribution < 1.29 is 9.59 Å². The molecule has 0 bridgehead atoms. The van der Waals surface area contributed by atoms with Crippen molar-refractivity contribution in [2.75, 3.05) is 11.9 Å². The fourth-order valence-corrected chi connectivity index (χ4v) is 3.89. The minimum absolute atomic E-state index is 0.0630. The molecule has 2 N–H and O–H groups in total. The summed E-state index contributed by atoms with van der Waals surface area (Å²) >= 11 is 1.52. The molecule has 0 aliphatic heterocycles. The summed E-state index contributed by atoms with van der Waals surface area (Å²) < 4.78 is 0. The Morgan fingerprint density at radius 1 is 1.27 bits per heavy atom. The van der Waals surface area contributed by atoms with Gasteiger partial charge < -0.3 is 10.6 Å². The van der Waals surface area contributed by atoms with E-state index in [2.05, 4.69) is 36.4 Å². The van der Waals surface area contributed by atoms with Gasteiger partial charge in [-0.2, -0.15) is 0 Å². The highest BCUT2D eigenvalue weighted by atomic mass is 32.1. The Morgan fingerprint density at radius 3 is 2.58 bits per heavy atom. The highest BCUT2D eigenvalue weighted by Crippen LogP contribution is 2.38. The quantitative estimate of drug-likeness (QED) is 0.772. The van der Waals surface area contributed by atoms with Gasteiger partial charge in [0, 0.05) is 29.3 Å². The Morgan fingerprint density at radius 2 is 1.96 bits per heavy atom. The van der Waals surface area contributed by atoms with Crippen LogP contribution >= 0.6 is 11.3 Å². The fourth-order valence-electron chi connectivity index (χ4n) is 2.88. The number of hydrogen-bond donors (Lipinski definition) is 2. The van der Waals surface area contributed by atoms with Crippen molar-refractivity contribution in [3.05, 3.63) is 35.2 Å². The van der Waals surface area contributed by atoms with Gasteiger partial charge in [0.15, 0.2) is 5.13 Å². The van der Waals surface area contributed by atoms with Crippen molar-refractivity contribution in [3.8, 4) is 11.3 Å². The molecular weight excluding hydrogens is 346 g/mol. The van der Waals surface area contributed by atoms with Crippen molar-refractivity contribution in [3.63, 3.8) is 0 Å². The molecular formula is C20H25N3O2S. The first-order valence-electron chi connectivity index (χ1n) is 9.09. The van der Waals surface area contributed by atoms with Crippen molar-refractivity contribution in [1.29, 1.82) is 0 Å². The number of nitrogens with zero attached hydrogens (tertiary/aromatic N) is 1. The van der Waals surface area contributed by atoms with E-state index in [1.807, 2.05) is 30.3 Å². The number of hydrogen-bond acceptors (Lipinski definition) is 4. The summed E-state index contributed by atoms with van der Waals surface area (Å²) in [5.74, 6) is 0.878. The van der Waals surface area contributed by atoms with Crippen LogP contribution < -0.4 is 10.6 Å². The molecule has 1 saturated carbocycles. The lowest BCUT2D eigenvalue weighted by atomic mass is 10.1. The number of benzene rings is 1. The summed E-state index contributed by atoms with van der Waals surface area (Å²) in [6.07, 6.45) is 1.21. The minimum Gasteiger partial charge on any atom is -0.355 e. The van der Waals surface area contributed by atoms with E-state index in [0.29, 0.717) is 23.5 Å². The lowest BCUT2D eigenvalue weighted by molar-refractivity contribution is -0.122. The largest absolute Gasteiger partial charge is 0.355 e. The third-order valence-electron chi connectivity index (χ3n) is 4.57. The summed E-state index contributed by atoms with van der Waals surface area (Å²) in [6, 6.07) is 10.0. The van der Waals surface area contributed by atoms with Crippen LogP contribution in [-0.4, -0.2) is 23.3 Å². The number of nitrogens with one attached hydrogen (secondary N) is 2. The Hall–Kier alpha value is -2.21. The molecule has 2 unspecified atom stereocenters. The van der Waals surface area contributed by atoms with Crippen LogP contribution in [0.5, 0.6) is 0 Å². The van der Waals surface area contributed by atoms with Crippen LogP contribution in [0.3, 0.4) is 0 Å². The van der Waals surface area contributed by atoms with Gasteiger partial charge in [0.25, 0.3) is 0 Å². The van der Waals surface area contributed by atoms with Gasteiger partial charge in [0.05, 0.1) is 5.69 Å². The zero-order valence-corrected chi connectivity index (χ0v) is 16.2. The standard InChI is InChI=1S/C20H25N3O2S/c1-12(2)18-17(14-7-5-4-6-8-14)23-20(26-18)22-16(24)9-10-21-19(25)15-11-13(15)3/h4-8,12-13,15H,9-11H2,1-3H3,(H,21,25)(H,22,23,24). The monoisotopic (exact) mass is 371 g/mol. The number of carbonyl (C=O) groups excluding carboxylic acids is 2. The molecule has 3 rings (SSSR count). The predicted octanol–water partition coefficient (Wildman–Crippen LogP) is 4.03. The van der Waals surface area contributed by atoms with E-state index in [9.17, 15) is 9.59 Å². The molecule has 26 heavy (non-hydrogen) atoms. The van der Waals surface area contributed by atoms with E-state index >= 15 is 0 Å². The summed E-state index contributed by atoms with van der Waals surface area (Å²) in [5.41, 5.74) is 1.98. The van der Waals surface area contributed by atoms with Gasteiger partial charge in [-0.25, -0.2) is 4.98 Å². The molecule has 138 valence electrons. The lowest BCUT2D eigenvalue weighted by Crippen LogP contribution is -2.29. The van der Waals surface area contributed by atoms with Gasteiger partial charge in [0.1, 0.15) is 0 Å². The Labute approximate surface area is 158 Å². The van der Waals surface area contributed by atoms with Crippen LogP contribution in [0, 0.1) is 11.8 Å². The van der Waals surface area contributed by atoms with E-state index in [0.717, 1.165) is 22.6 Å². The Balaban J connectivity index is 1.59. The molecule has 0 radical (unpaired) electrons. The molecule has 2 atom stereocenters. The number of aromatic nitrogens is 1. The van der Waals surface area contributed by atoms with Crippen LogP contribution in [0.2, 0.25) is 0 Å². The minimum atomic E-state index is -0.127. The van der Waals surface area contributed by atoms with E-state index in [4.69, 9.17) is 0 Å². The molecule has 0 spiro atoms. The molecule has 2 aromatic rings. The molecule has 1 fully saturated rings. The second-order valence-corrected chi connectivity index (χ2v) is 8.19. The second kappa shape index (κ2) is 7.99. The van der Waals surface area contributed by atoms with Crippen LogP contribution in [0.15, 0.2) is 30.3 Å². The first-order chi connectivity index (χ1) is 12.5. The molecule has 1 aliphatic rings. The molecule has 1 aliphatic carbocycles. The number of anilines is 1. The van der Waals surface area contributed by atoms with Crippen LogP contribution in [-0.2, 0) is 9.59 Å². The molecule has 0 saturated heterocycles. The summed E-state index contributed by atoms with van der Waals surface area (Å²) in [6.45, 7) is 6.68. The second-order valence-electron chi connectivity index (χ2n) is 7.16. The van der Waals surface area contributed by atoms with Gasteiger partial charge >= 0.3 is 0 Å². The fraction of sp³-hybridized carbons (Fsp3) is 0.450.